The van der Waals surface area contributed by atoms with Crippen molar-refractivity contribution in [2.75, 3.05) is 6.54 Å². The Kier molecular flexibility index (Phi) is 4.83. The number of carbonyl (C=O) groups is 2. The number of piperidine rings is 1. The zero-order valence-corrected chi connectivity index (χ0v) is 13.3. The predicted octanol–water partition coefficient (Wildman–Crippen LogP) is 1.77. The number of aromatic nitrogens is 2. The van der Waals surface area contributed by atoms with Gasteiger partial charge in [0.15, 0.2) is 5.82 Å². The number of amides is 1. The second kappa shape index (κ2) is 6.46. The minimum absolute atomic E-state index is 0.164. The highest BCUT2D eigenvalue weighted by atomic mass is 16.5. The predicted molar refractivity (Wildman–Crippen MR) is 78.3 cm³/mol. The van der Waals surface area contributed by atoms with Gasteiger partial charge in [0.25, 0.3) is 0 Å². The average molecular weight is 309 g/mol. The van der Waals surface area contributed by atoms with Crippen LogP contribution in [0.5, 0.6) is 0 Å². The van der Waals surface area contributed by atoms with Crippen LogP contribution >= 0.6 is 0 Å². The summed E-state index contributed by atoms with van der Waals surface area (Å²) in [7, 11) is 0. The number of hydrogen-bond donors (Lipinski definition) is 1. The monoisotopic (exact) mass is 309 g/mol. The van der Waals surface area contributed by atoms with Crippen LogP contribution in [0.4, 0.5) is 0 Å². The number of hydrogen-bond acceptors (Lipinski definition) is 5. The summed E-state index contributed by atoms with van der Waals surface area (Å²) in [4.78, 5) is 29.2. The van der Waals surface area contributed by atoms with Crippen molar-refractivity contribution in [3.63, 3.8) is 0 Å². The van der Waals surface area contributed by atoms with Gasteiger partial charge in [-0.25, -0.2) is 4.79 Å². The van der Waals surface area contributed by atoms with E-state index in [9.17, 15) is 14.7 Å². The molecule has 1 aromatic rings. The van der Waals surface area contributed by atoms with E-state index in [2.05, 4.69) is 10.1 Å². The molecule has 1 amide bonds. The van der Waals surface area contributed by atoms with E-state index >= 15 is 0 Å². The lowest BCUT2D eigenvalue weighted by Crippen LogP contribution is -2.48. The molecule has 7 nitrogen and oxygen atoms in total. The molecular formula is C15H23N3O4. The second-order valence-electron chi connectivity index (χ2n) is 6.70. The quantitative estimate of drug-likeness (QED) is 0.910. The van der Waals surface area contributed by atoms with Crippen molar-refractivity contribution in [3.05, 3.63) is 11.7 Å². The zero-order chi connectivity index (χ0) is 16.3. The van der Waals surface area contributed by atoms with E-state index in [0.717, 1.165) is 12.8 Å². The first-order valence-corrected chi connectivity index (χ1v) is 7.64. The minimum atomic E-state index is -0.930. The van der Waals surface area contributed by atoms with Crippen molar-refractivity contribution in [3.8, 4) is 0 Å². The Balaban J connectivity index is 1.94. The number of aliphatic carboxylic acids is 1. The molecule has 2 rings (SSSR count). The zero-order valence-electron chi connectivity index (χ0n) is 13.3. The lowest BCUT2D eigenvalue weighted by atomic mass is 9.96. The van der Waals surface area contributed by atoms with Crippen molar-refractivity contribution in [2.24, 2.45) is 0 Å². The summed E-state index contributed by atoms with van der Waals surface area (Å²) in [6.45, 7) is 6.46. The molecule has 1 aliphatic rings. The van der Waals surface area contributed by atoms with E-state index in [1.54, 1.807) is 0 Å². The van der Waals surface area contributed by atoms with E-state index in [-0.39, 0.29) is 17.7 Å². The van der Waals surface area contributed by atoms with Gasteiger partial charge in [-0.05, 0) is 19.3 Å². The molecular weight excluding hydrogens is 286 g/mol. The summed E-state index contributed by atoms with van der Waals surface area (Å²) in [6.07, 6.45) is 2.75. The van der Waals surface area contributed by atoms with Gasteiger partial charge in [0.1, 0.15) is 6.04 Å². The largest absolute Gasteiger partial charge is 0.480 e. The van der Waals surface area contributed by atoms with Crippen LogP contribution in [0.1, 0.15) is 58.2 Å². The van der Waals surface area contributed by atoms with Crippen LogP contribution in [0.3, 0.4) is 0 Å². The third-order valence-electron chi connectivity index (χ3n) is 3.80. The van der Waals surface area contributed by atoms with Gasteiger partial charge in [0.05, 0.1) is 0 Å². The summed E-state index contributed by atoms with van der Waals surface area (Å²) in [5.41, 5.74) is -0.201. The molecule has 2 heterocycles. The molecule has 1 saturated heterocycles. The van der Waals surface area contributed by atoms with Gasteiger partial charge in [-0.2, -0.15) is 4.98 Å². The maximum atomic E-state index is 12.3. The highest BCUT2D eigenvalue weighted by Crippen LogP contribution is 2.20. The number of carbonyl (C=O) groups excluding carboxylic acids is 1. The second-order valence-corrected chi connectivity index (χ2v) is 6.70. The first-order chi connectivity index (χ1) is 10.3. The first kappa shape index (κ1) is 16.5. The maximum absolute atomic E-state index is 12.3. The fourth-order valence-electron chi connectivity index (χ4n) is 2.51. The Morgan fingerprint density at radius 3 is 2.68 bits per heavy atom. The van der Waals surface area contributed by atoms with Crippen LogP contribution in [0, 0.1) is 0 Å². The highest BCUT2D eigenvalue weighted by molar-refractivity contribution is 5.83. The standard InChI is InChI=1S/C15H23N3O4/c1-15(2,3)14-16-11(22-17-14)7-8-12(19)18-9-5-4-6-10(18)13(20)21/h10H,4-9H2,1-3H3,(H,20,21)/t10-/m0/s1. The Morgan fingerprint density at radius 2 is 2.09 bits per heavy atom. The molecule has 0 bridgehead atoms. The Bertz CT molecular complexity index is 547. The molecule has 0 aromatic carbocycles. The summed E-state index contributed by atoms with van der Waals surface area (Å²) in [5.74, 6) is -0.0676. The van der Waals surface area contributed by atoms with Crippen LogP contribution in [0.15, 0.2) is 4.52 Å². The number of rotatable bonds is 4. The Labute approximate surface area is 129 Å². The van der Waals surface area contributed by atoms with Crippen LogP contribution < -0.4 is 0 Å². The molecule has 1 fully saturated rings. The minimum Gasteiger partial charge on any atom is -0.480 e. The summed E-state index contributed by atoms with van der Waals surface area (Å²) in [5, 5.41) is 13.1. The smallest absolute Gasteiger partial charge is 0.326 e. The van der Waals surface area contributed by atoms with Crippen LogP contribution in [0.2, 0.25) is 0 Å². The van der Waals surface area contributed by atoms with Gasteiger partial charge < -0.3 is 14.5 Å². The molecule has 0 saturated carbocycles. The Morgan fingerprint density at radius 1 is 1.36 bits per heavy atom. The van der Waals surface area contributed by atoms with Gasteiger partial charge in [-0.15, -0.1) is 0 Å². The SMILES string of the molecule is CC(C)(C)c1noc(CCC(=O)N2CCCC[C@H]2C(=O)O)n1. The maximum Gasteiger partial charge on any atom is 0.326 e. The highest BCUT2D eigenvalue weighted by Gasteiger charge is 2.31. The fraction of sp³-hybridized carbons (Fsp3) is 0.733. The number of carboxylic acids is 1. The fourth-order valence-corrected chi connectivity index (χ4v) is 2.51. The molecule has 1 N–H and O–H groups in total. The molecule has 0 radical (unpaired) electrons. The molecule has 1 aromatic heterocycles. The van der Waals surface area contributed by atoms with Gasteiger partial charge in [0, 0.05) is 24.8 Å². The summed E-state index contributed by atoms with van der Waals surface area (Å²) < 4.78 is 5.16. The molecule has 22 heavy (non-hydrogen) atoms. The molecule has 0 unspecified atom stereocenters. The number of aryl methyl sites for hydroxylation is 1. The van der Waals surface area contributed by atoms with Crippen molar-refractivity contribution in [1.82, 2.24) is 15.0 Å². The number of likely N-dealkylation sites (tertiary alicyclic amines) is 1. The Hall–Kier alpha value is -1.92. The summed E-state index contributed by atoms with van der Waals surface area (Å²) >= 11 is 0. The topological polar surface area (TPSA) is 96.5 Å². The van der Waals surface area contributed by atoms with Gasteiger partial charge in [-0.3, -0.25) is 4.79 Å². The van der Waals surface area contributed by atoms with E-state index in [1.165, 1.54) is 4.90 Å². The van der Waals surface area contributed by atoms with Crippen LogP contribution in [-0.4, -0.2) is 44.6 Å². The van der Waals surface area contributed by atoms with Gasteiger partial charge in [-0.1, -0.05) is 25.9 Å². The van der Waals surface area contributed by atoms with Crippen LogP contribution in [-0.2, 0) is 21.4 Å². The summed E-state index contributed by atoms with van der Waals surface area (Å²) in [6, 6.07) is -0.700. The van der Waals surface area contributed by atoms with E-state index in [4.69, 9.17) is 4.52 Å². The van der Waals surface area contributed by atoms with E-state index in [0.29, 0.717) is 31.1 Å². The molecule has 1 aliphatic heterocycles. The van der Waals surface area contributed by atoms with Gasteiger partial charge in [0.2, 0.25) is 11.8 Å². The van der Waals surface area contributed by atoms with E-state index < -0.39 is 12.0 Å². The van der Waals surface area contributed by atoms with Crippen molar-refractivity contribution < 1.29 is 19.2 Å². The first-order valence-electron chi connectivity index (χ1n) is 7.64. The molecule has 7 heteroatoms. The van der Waals surface area contributed by atoms with E-state index in [1.807, 2.05) is 20.8 Å². The number of nitrogens with zero attached hydrogens (tertiary/aromatic N) is 3. The third kappa shape index (κ3) is 3.84. The molecule has 1 atom stereocenters. The van der Waals surface area contributed by atoms with Gasteiger partial charge >= 0.3 is 5.97 Å². The van der Waals surface area contributed by atoms with Crippen molar-refractivity contribution >= 4 is 11.9 Å². The van der Waals surface area contributed by atoms with Crippen molar-refractivity contribution in [2.45, 2.75) is 64.3 Å². The molecule has 122 valence electrons. The third-order valence-corrected chi connectivity index (χ3v) is 3.80. The molecule has 0 aliphatic carbocycles. The number of carboxylic acid groups (broad SMARTS) is 1. The lowest BCUT2D eigenvalue weighted by Gasteiger charge is -2.32. The average Bonchev–Trinajstić information content (AvgIpc) is 2.93. The lowest BCUT2D eigenvalue weighted by molar-refractivity contribution is -0.152. The van der Waals surface area contributed by atoms with Crippen molar-refractivity contribution in [1.29, 1.82) is 0 Å². The van der Waals surface area contributed by atoms with Crippen LogP contribution in [0.25, 0.3) is 0 Å². The molecule has 0 spiro atoms. The normalized spacial score (nSPS) is 19.2.